The van der Waals surface area contributed by atoms with Crippen LogP contribution in [0.5, 0.6) is 0 Å². The first-order valence-corrected chi connectivity index (χ1v) is 7.44. The van der Waals surface area contributed by atoms with Crippen LogP contribution in [0.3, 0.4) is 0 Å². The standard InChI is InChI=1S/C13H17FN2S2/c1-8-9(2)18-6-5-16(8)10-3-4-11(13(15)17)12(14)7-10/h3-4,7-9H,5-6H2,1-2H3,(H2,15,17). The number of nitrogens with zero attached hydrogens (tertiary/aromatic N) is 1. The Labute approximate surface area is 117 Å². The molecule has 1 fully saturated rings. The minimum atomic E-state index is -0.335. The molecule has 98 valence electrons. The van der Waals surface area contributed by atoms with E-state index in [-0.39, 0.29) is 10.8 Å². The van der Waals surface area contributed by atoms with E-state index in [1.165, 1.54) is 6.07 Å². The summed E-state index contributed by atoms with van der Waals surface area (Å²) in [5, 5.41) is 0.553. The molecule has 2 unspecified atom stereocenters. The van der Waals surface area contributed by atoms with Crippen LogP contribution in [0.15, 0.2) is 18.2 Å². The highest BCUT2D eigenvalue weighted by Crippen LogP contribution is 2.29. The number of halogens is 1. The Hall–Kier alpha value is -0.810. The lowest BCUT2D eigenvalue weighted by Gasteiger charge is -2.39. The number of thioether (sulfide) groups is 1. The van der Waals surface area contributed by atoms with Crippen LogP contribution < -0.4 is 10.6 Å². The van der Waals surface area contributed by atoms with Gasteiger partial charge in [0.15, 0.2) is 0 Å². The molecular weight excluding hydrogens is 267 g/mol. The molecule has 1 aromatic carbocycles. The number of nitrogens with two attached hydrogens (primary N) is 1. The first-order valence-electron chi connectivity index (χ1n) is 5.98. The highest BCUT2D eigenvalue weighted by atomic mass is 32.2. The molecule has 0 spiro atoms. The van der Waals surface area contributed by atoms with Crippen molar-refractivity contribution in [1.29, 1.82) is 0 Å². The molecule has 2 nitrogen and oxygen atoms in total. The fourth-order valence-corrected chi connectivity index (χ4v) is 3.44. The maximum absolute atomic E-state index is 13.9. The molecule has 0 saturated carbocycles. The Balaban J connectivity index is 2.28. The van der Waals surface area contributed by atoms with E-state index in [0.717, 1.165) is 18.0 Å². The topological polar surface area (TPSA) is 29.3 Å². The SMILES string of the molecule is CC1SCCN(c2ccc(C(N)=S)c(F)c2)C1C. The molecule has 0 aliphatic carbocycles. The van der Waals surface area contributed by atoms with E-state index in [2.05, 4.69) is 18.7 Å². The lowest BCUT2D eigenvalue weighted by atomic mass is 10.1. The summed E-state index contributed by atoms with van der Waals surface area (Å²) < 4.78 is 13.9. The second kappa shape index (κ2) is 5.45. The Morgan fingerprint density at radius 2 is 2.22 bits per heavy atom. The summed E-state index contributed by atoms with van der Waals surface area (Å²) in [5.74, 6) is 0.738. The molecule has 1 aliphatic heterocycles. The number of rotatable bonds is 2. The molecule has 0 amide bonds. The molecule has 2 N–H and O–H groups in total. The number of hydrogen-bond acceptors (Lipinski definition) is 3. The summed E-state index contributed by atoms with van der Waals surface area (Å²) in [4.78, 5) is 2.35. The summed E-state index contributed by atoms with van der Waals surface area (Å²) in [6.45, 7) is 5.33. The minimum absolute atomic E-state index is 0.106. The lowest BCUT2D eigenvalue weighted by molar-refractivity contribution is 0.609. The number of anilines is 1. The maximum atomic E-state index is 13.9. The normalized spacial score (nSPS) is 24.1. The smallest absolute Gasteiger partial charge is 0.135 e. The van der Waals surface area contributed by atoms with Gasteiger partial charge in [0.2, 0.25) is 0 Å². The molecule has 1 aliphatic rings. The molecule has 0 aromatic heterocycles. The van der Waals surface area contributed by atoms with Crippen LogP contribution >= 0.6 is 24.0 Å². The molecule has 0 bridgehead atoms. The third-order valence-corrected chi connectivity index (χ3v) is 4.99. The van der Waals surface area contributed by atoms with Crippen molar-refractivity contribution in [1.82, 2.24) is 0 Å². The third-order valence-electron chi connectivity index (χ3n) is 3.43. The van der Waals surface area contributed by atoms with E-state index in [9.17, 15) is 4.39 Å². The summed E-state index contributed by atoms with van der Waals surface area (Å²) in [6.07, 6.45) is 0. The van der Waals surface area contributed by atoms with Crippen molar-refractivity contribution in [3.05, 3.63) is 29.6 Å². The monoisotopic (exact) mass is 284 g/mol. The van der Waals surface area contributed by atoms with E-state index in [0.29, 0.717) is 16.9 Å². The highest BCUT2D eigenvalue weighted by molar-refractivity contribution is 8.00. The van der Waals surface area contributed by atoms with E-state index >= 15 is 0 Å². The van der Waals surface area contributed by atoms with Crippen molar-refractivity contribution in [3.8, 4) is 0 Å². The fraction of sp³-hybridized carbons (Fsp3) is 0.462. The van der Waals surface area contributed by atoms with Crippen LogP contribution in [0.2, 0.25) is 0 Å². The molecule has 1 heterocycles. The van der Waals surface area contributed by atoms with Gasteiger partial charge in [-0.25, -0.2) is 4.39 Å². The van der Waals surface area contributed by atoms with E-state index in [4.69, 9.17) is 18.0 Å². The van der Waals surface area contributed by atoms with Gasteiger partial charge < -0.3 is 10.6 Å². The maximum Gasteiger partial charge on any atom is 0.135 e. The van der Waals surface area contributed by atoms with Gasteiger partial charge in [-0.1, -0.05) is 19.1 Å². The number of hydrogen-bond donors (Lipinski definition) is 1. The average Bonchev–Trinajstić information content (AvgIpc) is 2.32. The molecule has 2 rings (SSSR count). The summed E-state index contributed by atoms with van der Waals surface area (Å²) in [6, 6.07) is 5.51. The lowest BCUT2D eigenvalue weighted by Crippen LogP contribution is -2.44. The zero-order valence-electron chi connectivity index (χ0n) is 10.5. The zero-order valence-corrected chi connectivity index (χ0v) is 12.2. The molecule has 1 saturated heterocycles. The predicted octanol–water partition coefficient (Wildman–Crippen LogP) is 2.79. The fourth-order valence-electron chi connectivity index (χ4n) is 2.18. The van der Waals surface area contributed by atoms with Crippen molar-refractivity contribution in [2.24, 2.45) is 5.73 Å². The van der Waals surface area contributed by atoms with Gasteiger partial charge in [0.05, 0.1) is 0 Å². The van der Waals surface area contributed by atoms with E-state index in [1.54, 1.807) is 6.07 Å². The summed E-state index contributed by atoms with van der Waals surface area (Å²) in [7, 11) is 0. The molecule has 18 heavy (non-hydrogen) atoms. The average molecular weight is 284 g/mol. The molecule has 1 aromatic rings. The van der Waals surface area contributed by atoms with Crippen LogP contribution in [0.25, 0.3) is 0 Å². The zero-order chi connectivity index (χ0) is 13.3. The number of thiocarbonyl (C=S) groups is 1. The van der Waals surface area contributed by atoms with E-state index in [1.807, 2.05) is 17.8 Å². The second-order valence-electron chi connectivity index (χ2n) is 4.54. The van der Waals surface area contributed by atoms with Gasteiger partial charge in [0.1, 0.15) is 10.8 Å². The van der Waals surface area contributed by atoms with Crippen molar-refractivity contribution in [3.63, 3.8) is 0 Å². The Kier molecular flexibility index (Phi) is 4.12. The van der Waals surface area contributed by atoms with E-state index < -0.39 is 0 Å². The largest absolute Gasteiger partial charge is 0.389 e. The molecule has 5 heteroatoms. The second-order valence-corrected chi connectivity index (χ2v) is 6.46. The van der Waals surface area contributed by atoms with Gasteiger partial charge in [-0.3, -0.25) is 0 Å². The predicted molar refractivity (Wildman–Crippen MR) is 81.0 cm³/mol. The minimum Gasteiger partial charge on any atom is -0.389 e. The summed E-state index contributed by atoms with van der Waals surface area (Å²) in [5.41, 5.74) is 6.70. The highest BCUT2D eigenvalue weighted by Gasteiger charge is 2.25. The van der Waals surface area contributed by atoms with Crippen LogP contribution in [0.4, 0.5) is 10.1 Å². The Morgan fingerprint density at radius 3 is 2.83 bits per heavy atom. The molecular formula is C13H17FN2S2. The number of benzene rings is 1. The molecule has 2 atom stereocenters. The van der Waals surface area contributed by atoms with Crippen LogP contribution in [-0.4, -0.2) is 28.6 Å². The Morgan fingerprint density at radius 1 is 1.50 bits per heavy atom. The van der Waals surface area contributed by atoms with Crippen LogP contribution in [0, 0.1) is 5.82 Å². The quantitative estimate of drug-likeness (QED) is 0.846. The van der Waals surface area contributed by atoms with Gasteiger partial charge in [0, 0.05) is 34.8 Å². The summed E-state index contributed by atoms with van der Waals surface area (Å²) >= 11 is 6.77. The van der Waals surface area contributed by atoms with Crippen LogP contribution in [-0.2, 0) is 0 Å². The Bertz CT molecular complexity index is 464. The van der Waals surface area contributed by atoms with Gasteiger partial charge in [-0.15, -0.1) is 0 Å². The van der Waals surface area contributed by atoms with Crippen molar-refractivity contribution >= 4 is 34.7 Å². The van der Waals surface area contributed by atoms with Gasteiger partial charge >= 0.3 is 0 Å². The first-order chi connectivity index (χ1) is 8.50. The van der Waals surface area contributed by atoms with Gasteiger partial charge in [0.25, 0.3) is 0 Å². The third kappa shape index (κ3) is 2.62. The first kappa shape index (κ1) is 13.6. The molecule has 0 radical (unpaired) electrons. The van der Waals surface area contributed by atoms with Crippen molar-refractivity contribution < 1.29 is 4.39 Å². The van der Waals surface area contributed by atoms with Crippen molar-refractivity contribution in [2.45, 2.75) is 25.1 Å². The van der Waals surface area contributed by atoms with Gasteiger partial charge in [-0.05, 0) is 25.1 Å². The van der Waals surface area contributed by atoms with Crippen LogP contribution in [0.1, 0.15) is 19.4 Å². The van der Waals surface area contributed by atoms with Crippen molar-refractivity contribution in [2.75, 3.05) is 17.2 Å². The van der Waals surface area contributed by atoms with Gasteiger partial charge in [-0.2, -0.15) is 11.8 Å².